The molecule has 1 saturated heterocycles. The summed E-state index contributed by atoms with van der Waals surface area (Å²) in [7, 11) is 7.48. The van der Waals surface area contributed by atoms with Gasteiger partial charge in [0.25, 0.3) is 5.91 Å². The lowest BCUT2D eigenvalue weighted by Gasteiger charge is -2.23. The summed E-state index contributed by atoms with van der Waals surface area (Å²) < 4.78 is 5.73. The molecule has 1 amide bonds. The second-order valence-electron chi connectivity index (χ2n) is 8.46. The van der Waals surface area contributed by atoms with E-state index in [1.165, 1.54) is 11.8 Å². The van der Waals surface area contributed by atoms with E-state index < -0.39 is 0 Å². The summed E-state index contributed by atoms with van der Waals surface area (Å²) in [6.45, 7) is 4.81. The maximum atomic E-state index is 13.0. The normalized spacial score (nSPS) is 24.0. The highest BCUT2D eigenvalue weighted by atomic mass is 32.2. The molecule has 2 rings (SSSR count). The fourth-order valence-corrected chi connectivity index (χ4v) is 4.74. The van der Waals surface area contributed by atoms with Gasteiger partial charge in [-0.25, -0.2) is 5.43 Å². The summed E-state index contributed by atoms with van der Waals surface area (Å²) in [6.07, 6.45) is 11.3. The molecule has 1 fully saturated rings. The van der Waals surface area contributed by atoms with Gasteiger partial charge in [0.05, 0.1) is 4.91 Å². The number of carbonyl (C=O) groups is 1. The van der Waals surface area contributed by atoms with E-state index in [4.69, 9.17) is 10.5 Å². The molecule has 9 nitrogen and oxygen atoms in total. The quantitative estimate of drug-likeness (QED) is 0.134. The van der Waals surface area contributed by atoms with Crippen molar-refractivity contribution in [2.45, 2.75) is 44.4 Å². The molecule has 0 saturated carbocycles. The van der Waals surface area contributed by atoms with Crippen LogP contribution in [0.15, 0.2) is 46.9 Å². The maximum absolute atomic E-state index is 13.0. The highest BCUT2D eigenvalue weighted by Gasteiger charge is 2.49. The Morgan fingerprint density at radius 1 is 1.31 bits per heavy atom. The Morgan fingerprint density at radius 3 is 2.69 bits per heavy atom. The molecule has 180 valence electrons. The van der Waals surface area contributed by atoms with E-state index in [2.05, 4.69) is 40.6 Å². The van der Waals surface area contributed by atoms with Gasteiger partial charge in [0.15, 0.2) is 0 Å². The molecule has 0 bridgehead atoms. The van der Waals surface area contributed by atoms with Crippen molar-refractivity contribution in [3.8, 4) is 0 Å². The van der Waals surface area contributed by atoms with Gasteiger partial charge in [-0.05, 0) is 43.2 Å². The number of nitrogens with zero attached hydrogens (tertiary/aromatic N) is 1. The van der Waals surface area contributed by atoms with Gasteiger partial charge in [0.2, 0.25) is 0 Å². The van der Waals surface area contributed by atoms with E-state index in [-0.39, 0.29) is 29.0 Å². The predicted octanol–water partition coefficient (Wildman–Crippen LogP) is 0.883. The van der Waals surface area contributed by atoms with Crippen LogP contribution in [0.4, 0.5) is 0 Å². The number of carbonyl (C=O) groups excluding carboxylic acids is 1. The van der Waals surface area contributed by atoms with Crippen LogP contribution >= 0.6 is 11.8 Å². The molecule has 10 heteroatoms. The highest BCUT2D eigenvalue weighted by Crippen LogP contribution is 2.41. The molecule has 0 radical (unpaired) electrons. The van der Waals surface area contributed by atoms with Crippen molar-refractivity contribution in [1.29, 1.82) is 0 Å². The fraction of sp³-hybridized carbons (Fsp3) is 0.591. The molecule has 2 heterocycles. The monoisotopic (exact) mass is 465 g/mol. The van der Waals surface area contributed by atoms with Crippen LogP contribution in [0.25, 0.3) is 0 Å². The number of likely N-dealkylation sites (N-methyl/N-ethyl adjacent to an activating group) is 1. The summed E-state index contributed by atoms with van der Waals surface area (Å²) in [5, 5.41) is 9.13. The number of hydrazine groups is 1. The van der Waals surface area contributed by atoms with Crippen molar-refractivity contribution >= 4 is 17.7 Å². The first-order valence-corrected chi connectivity index (χ1v) is 11.7. The van der Waals surface area contributed by atoms with Crippen LogP contribution in [-0.4, -0.2) is 63.2 Å². The highest BCUT2D eigenvalue weighted by molar-refractivity contribution is 8.04. The summed E-state index contributed by atoms with van der Waals surface area (Å²) >= 11 is 1.52. The van der Waals surface area contributed by atoms with Gasteiger partial charge >= 0.3 is 0 Å². The van der Waals surface area contributed by atoms with E-state index in [0.717, 1.165) is 24.1 Å². The first-order chi connectivity index (χ1) is 15.3. The van der Waals surface area contributed by atoms with Crippen LogP contribution in [0.5, 0.6) is 0 Å². The molecule has 0 aliphatic carbocycles. The number of epoxide rings is 1. The first kappa shape index (κ1) is 26.3. The van der Waals surface area contributed by atoms with Crippen molar-refractivity contribution in [2.24, 2.45) is 11.1 Å². The molecule has 3 unspecified atom stereocenters. The van der Waals surface area contributed by atoms with Gasteiger partial charge in [-0.15, -0.1) is 0 Å². The Kier molecular flexibility index (Phi) is 10.1. The molecular formula is C22H39N7O2S. The minimum absolute atomic E-state index is 0.00295. The molecule has 32 heavy (non-hydrogen) atoms. The molecule has 2 aliphatic rings. The number of allylic oxidation sites excluding steroid dienone is 1. The van der Waals surface area contributed by atoms with Crippen LogP contribution < -0.4 is 32.5 Å². The second kappa shape index (κ2) is 12.3. The van der Waals surface area contributed by atoms with Crippen molar-refractivity contribution in [3.05, 3.63) is 46.9 Å². The lowest BCUT2D eigenvalue weighted by molar-refractivity contribution is -0.116. The number of amides is 1. The zero-order valence-corrected chi connectivity index (χ0v) is 20.8. The average Bonchev–Trinajstić information content (AvgIpc) is 3.43. The van der Waals surface area contributed by atoms with Gasteiger partial charge in [-0.1, -0.05) is 31.7 Å². The first-order valence-electron chi connectivity index (χ1n) is 10.9. The Balaban J connectivity index is 1.97. The van der Waals surface area contributed by atoms with Crippen LogP contribution in [0, 0.1) is 5.41 Å². The number of thioether (sulfide) groups is 1. The Hall–Kier alpha value is -1.98. The third-order valence-electron chi connectivity index (χ3n) is 5.41. The van der Waals surface area contributed by atoms with Crippen LogP contribution in [-0.2, 0) is 9.53 Å². The summed E-state index contributed by atoms with van der Waals surface area (Å²) in [6, 6.07) is 0. The minimum Gasteiger partial charge on any atom is -0.394 e. The Morgan fingerprint density at radius 2 is 2.06 bits per heavy atom. The van der Waals surface area contributed by atoms with Crippen molar-refractivity contribution in [1.82, 2.24) is 31.7 Å². The van der Waals surface area contributed by atoms with Gasteiger partial charge in [0, 0.05) is 45.8 Å². The van der Waals surface area contributed by atoms with Crippen LogP contribution in [0.1, 0.15) is 26.7 Å². The van der Waals surface area contributed by atoms with E-state index >= 15 is 0 Å². The zero-order valence-electron chi connectivity index (χ0n) is 20.0. The molecule has 0 aromatic heterocycles. The Bertz CT molecular complexity index is 763. The summed E-state index contributed by atoms with van der Waals surface area (Å²) in [5.41, 5.74) is 13.6. The van der Waals surface area contributed by atoms with Crippen molar-refractivity contribution < 1.29 is 9.53 Å². The molecule has 7 N–H and O–H groups in total. The van der Waals surface area contributed by atoms with Crippen molar-refractivity contribution in [2.75, 3.05) is 34.7 Å². The van der Waals surface area contributed by atoms with Crippen molar-refractivity contribution in [3.63, 3.8) is 0 Å². The van der Waals surface area contributed by atoms with E-state index in [0.29, 0.717) is 11.4 Å². The number of ether oxygens (including phenoxy) is 1. The van der Waals surface area contributed by atoms with E-state index in [1.54, 1.807) is 0 Å². The third-order valence-corrected chi connectivity index (χ3v) is 6.79. The second-order valence-corrected chi connectivity index (χ2v) is 9.59. The van der Waals surface area contributed by atoms with Gasteiger partial charge in [0.1, 0.15) is 17.7 Å². The van der Waals surface area contributed by atoms with E-state index in [1.807, 2.05) is 63.8 Å². The summed E-state index contributed by atoms with van der Waals surface area (Å²) in [4.78, 5) is 15.7. The standard InChI is InChI=1S/C22H39N7O2S/c1-22(2,18-20(31-18)28-26-5)10-7-16(13-25-4)27-19(30)17-14-29(6)21(32-17)15(8-11-23)9-12-24-3/h8-9,12-14,18,20-21,24-26,28H,7,10-11,23H2,1-6H3,(H,27,30)/b12-9-,15-8+,16-13+. The number of rotatable bonds is 13. The van der Waals surface area contributed by atoms with Gasteiger partial charge in [-0.2, -0.15) is 0 Å². The average molecular weight is 466 g/mol. The number of nitrogens with two attached hydrogens (primary N) is 1. The minimum atomic E-state index is -0.106. The predicted molar refractivity (Wildman–Crippen MR) is 132 cm³/mol. The van der Waals surface area contributed by atoms with Crippen LogP contribution in [0.2, 0.25) is 0 Å². The largest absolute Gasteiger partial charge is 0.394 e. The summed E-state index contributed by atoms with van der Waals surface area (Å²) in [5.74, 6) is -0.106. The molecule has 0 aromatic carbocycles. The topological polar surface area (TPSA) is 119 Å². The number of hydrogen-bond donors (Lipinski definition) is 6. The number of hydrogen-bond acceptors (Lipinski definition) is 9. The zero-order chi connectivity index (χ0) is 23.7. The smallest absolute Gasteiger partial charge is 0.263 e. The van der Waals surface area contributed by atoms with Gasteiger partial charge in [-0.3, -0.25) is 10.2 Å². The third kappa shape index (κ3) is 7.28. The lowest BCUT2D eigenvalue weighted by Crippen LogP contribution is -2.35. The number of nitrogens with one attached hydrogen (secondary N) is 5. The van der Waals surface area contributed by atoms with E-state index in [9.17, 15) is 4.79 Å². The Labute approximate surface area is 196 Å². The molecule has 2 aliphatic heterocycles. The molecule has 0 spiro atoms. The maximum Gasteiger partial charge on any atom is 0.263 e. The molecule has 0 aromatic rings. The van der Waals surface area contributed by atoms with Crippen LogP contribution in [0.3, 0.4) is 0 Å². The lowest BCUT2D eigenvalue weighted by atomic mass is 9.83. The molecule has 3 atom stereocenters. The van der Waals surface area contributed by atoms with Gasteiger partial charge < -0.3 is 31.3 Å². The molecular weight excluding hydrogens is 426 g/mol. The fourth-order valence-electron chi connectivity index (χ4n) is 3.58. The SMILES string of the molecule is CN/C=C\C(=C/CN)C1SC(C(=O)N/C(=C/NC)CCC(C)(C)C2OC2NNC)=CN1C.